The van der Waals surface area contributed by atoms with Gasteiger partial charge in [0.05, 0.1) is 13.2 Å². The van der Waals surface area contributed by atoms with Gasteiger partial charge in [0.2, 0.25) is 0 Å². The van der Waals surface area contributed by atoms with Crippen molar-refractivity contribution in [2.24, 2.45) is 0 Å². The van der Waals surface area contributed by atoms with Crippen LogP contribution in [0.3, 0.4) is 0 Å². The van der Waals surface area contributed by atoms with Crippen LogP contribution in [0.15, 0.2) is 36.4 Å². The number of hydrogen-bond donors (Lipinski definition) is 1. The first-order chi connectivity index (χ1) is 14.7. The predicted octanol–water partition coefficient (Wildman–Crippen LogP) is 7.66. The summed E-state index contributed by atoms with van der Waals surface area (Å²) in [5.74, 6) is 0.316. The van der Waals surface area contributed by atoms with Crippen molar-refractivity contribution in [2.45, 2.75) is 73.1 Å². The first-order valence-corrected chi connectivity index (χ1v) is 13.0. The third-order valence-corrected chi connectivity index (χ3v) is 7.23. The van der Waals surface area contributed by atoms with Gasteiger partial charge in [0.1, 0.15) is 12.0 Å². The summed E-state index contributed by atoms with van der Waals surface area (Å²) in [5, 5.41) is 11.2. The van der Waals surface area contributed by atoms with E-state index in [0.717, 1.165) is 28.1 Å². The minimum atomic E-state index is -3.38. The summed E-state index contributed by atoms with van der Waals surface area (Å²) in [6, 6.07) is 12.1. The summed E-state index contributed by atoms with van der Waals surface area (Å²) in [5.41, 5.74) is 3.99. The summed E-state index contributed by atoms with van der Waals surface area (Å²) in [6.45, 7) is 18.8. The number of rotatable bonds is 8. The van der Waals surface area contributed by atoms with Crippen LogP contribution in [-0.4, -0.2) is 24.6 Å². The molecule has 32 heavy (non-hydrogen) atoms. The first kappa shape index (κ1) is 26.4. The second-order valence-electron chi connectivity index (χ2n) is 10.2. The van der Waals surface area contributed by atoms with Crippen molar-refractivity contribution in [3.8, 4) is 5.75 Å². The molecule has 0 aliphatic carbocycles. The highest BCUT2D eigenvalue weighted by Crippen LogP contribution is 2.52. The molecule has 2 rings (SSSR count). The Balaban J connectivity index is 2.79. The minimum absolute atomic E-state index is 0.0794. The van der Waals surface area contributed by atoms with E-state index in [9.17, 15) is 9.67 Å². The molecule has 0 bridgehead atoms. The van der Waals surface area contributed by atoms with Crippen molar-refractivity contribution in [1.29, 1.82) is 0 Å². The van der Waals surface area contributed by atoms with E-state index in [1.165, 1.54) is 0 Å². The van der Waals surface area contributed by atoms with Crippen LogP contribution in [0.5, 0.6) is 5.75 Å². The van der Waals surface area contributed by atoms with Crippen LogP contribution in [0.1, 0.15) is 72.1 Å². The zero-order valence-electron chi connectivity index (χ0n) is 21.2. The Morgan fingerprint density at radius 1 is 0.875 bits per heavy atom. The van der Waals surface area contributed by atoms with Gasteiger partial charge in [-0.2, -0.15) is 0 Å². The lowest BCUT2D eigenvalue weighted by Gasteiger charge is -2.33. The molecule has 0 atom stereocenters. The maximum atomic E-state index is 13.6. The number of aryl methyl sites for hydroxylation is 1. The molecule has 0 aliphatic heterocycles. The predicted molar refractivity (Wildman–Crippen MR) is 135 cm³/mol. The van der Waals surface area contributed by atoms with E-state index in [0.29, 0.717) is 19.0 Å². The van der Waals surface area contributed by atoms with Crippen LogP contribution in [0.2, 0.25) is 0 Å². The minimum Gasteiger partial charge on any atom is -0.507 e. The molecule has 0 aliphatic rings. The fraction of sp³-hybridized carbons (Fsp3) is 0.538. The molecule has 0 saturated carbocycles. The lowest BCUT2D eigenvalue weighted by Crippen LogP contribution is -2.24. The Kier molecular flexibility index (Phi) is 8.25. The van der Waals surface area contributed by atoms with E-state index in [4.69, 9.17) is 9.05 Å². The van der Waals surface area contributed by atoms with Gasteiger partial charge in [0.15, 0.2) is 0 Å². The number of phenols is 1. The molecule has 0 radical (unpaired) electrons. The fourth-order valence-corrected chi connectivity index (χ4v) is 5.41. The Morgan fingerprint density at radius 2 is 1.38 bits per heavy atom. The Hall–Kier alpha value is -1.81. The van der Waals surface area contributed by atoms with Crippen molar-refractivity contribution < 1.29 is 18.7 Å². The van der Waals surface area contributed by atoms with Gasteiger partial charge >= 0.3 is 7.60 Å². The zero-order chi connectivity index (χ0) is 24.3. The number of aromatic hydroxyl groups is 1. The van der Waals surface area contributed by atoms with Crippen LogP contribution in [0.4, 0.5) is 11.4 Å². The van der Waals surface area contributed by atoms with Crippen LogP contribution >= 0.6 is 7.60 Å². The van der Waals surface area contributed by atoms with E-state index in [1.54, 1.807) is 0 Å². The van der Waals surface area contributed by atoms with E-state index in [1.807, 2.05) is 56.0 Å². The molecule has 1 N–H and O–H groups in total. The molecular formula is C26H40NO4P. The van der Waals surface area contributed by atoms with Gasteiger partial charge in [-0.05, 0) is 61.4 Å². The summed E-state index contributed by atoms with van der Waals surface area (Å²) >= 11 is 0. The standard InChI is InChI=1S/C26H40NO4P/c1-10-30-32(29,31-11-2)18-27(20-14-12-13-19(3)15-20)21-16-22(25(4,5)6)24(28)23(17-21)26(7,8)9/h12-17,28H,10-11,18H2,1-9H3. The third kappa shape index (κ3) is 6.37. The van der Waals surface area contributed by atoms with E-state index in [2.05, 4.69) is 47.6 Å². The number of benzene rings is 2. The second kappa shape index (κ2) is 9.99. The fourth-order valence-electron chi connectivity index (χ4n) is 3.71. The van der Waals surface area contributed by atoms with Crippen molar-refractivity contribution in [2.75, 3.05) is 24.4 Å². The highest BCUT2D eigenvalue weighted by molar-refractivity contribution is 7.54. The maximum absolute atomic E-state index is 13.6. The lowest BCUT2D eigenvalue weighted by atomic mass is 9.79. The monoisotopic (exact) mass is 461 g/mol. The zero-order valence-corrected chi connectivity index (χ0v) is 22.0. The van der Waals surface area contributed by atoms with Crippen molar-refractivity contribution in [3.05, 3.63) is 53.1 Å². The molecular weight excluding hydrogens is 421 g/mol. The lowest BCUT2D eigenvalue weighted by molar-refractivity contribution is 0.220. The van der Waals surface area contributed by atoms with Crippen LogP contribution in [0.25, 0.3) is 0 Å². The summed E-state index contributed by atoms with van der Waals surface area (Å²) in [7, 11) is -3.38. The van der Waals surface area contributed by atoms with E-state index in [-0.39, 0.29) is 17.1 Å². The van der Waals surface area contributed by atoms with Crippen molar-refractivity contribution in [1.82, 2.24) is 0 Å². The first-order valence-electron chi connectivity index (χ1n) is 11.3. The molecule has 0 amide bonds. The SMILES string of the molecule is CCOP(=O)(CN(c1cccc(C)c1)c1cc(C(C)(C)C)c(O)c(C(C)(C)C)c1)OCC. The van der Waals surface area contributed by atoms with E-state index >= 15 is 0 Å². The number of nitrogens with zero attached hydrogens (tertiary/aromatic N) is 1. The number of hydrogen-bond acceptors (Lipinski definition) is 5. The smallest absolute Gasteiger partial charge is 0.350 e. The van der Waals surface area contributed by atoms with Gasteiger partial charge in [-0.3, -0.25) is 4.57 Å². The number of anilines is 2. The average molecular weight is 462 g/mol. The number of phenolic OH excluding ortho intramolecular Hbond substituents is 1. The van der Waals surface area contributed by atoms with Gasteiger partial charge in [0, 0.05) is 22.5 Å². The van der Waals surface area contributed by atoms with Gasteiger partial charge in [-0.25, -0.2) is 0 Å². The summed E-state index contributed by atoms with van der Waals surface area (Å²) in [6.07, 6.45) is 0.0794. The molecule has 2 aromatic carbocycles. The normalized spacial score (nSPS) is 12.8. The molecule has 6 heteroatoms. The molecule has 178 valence electrons. The average Bonchev–Trinajstić information content (AvgIpc) is 2.65. The molecule has 0 unspecified atom stereocenters. The van der Waals surface area contributed by atoms with E-state index < -0.39 is 7.60 Å². The highest BCUT2D eigenvalue weighted by atomic mass is 31.2. The molecule has 0 aromatic heterocycles. The quantitative estimate of drug-likeness (QED) is 0.409. The topological polar surface area (TPSA) is 59.0 Å². The van der Waals surface area contributed by atoms with Gasteiger partial charge in [-0.15, -0.1) is 0 Å². The third-order valence-electron chi connectivity index (χ3n) is 5.30. The van der Waals surface area contributed by atoms with Gasteiger partial charge in [-0.1, -0.05) is 53.7 Å². The summed E-state index contributed by atoms with van der Waals surface area (Å²) < 4.78 is 24.8. The largest absolute Gasteiger partial charge is 0.507 e. The Bertz CT molecular complexity index is 928. The summed E-state index contributed by atoms with van der Waals surface area (Å²) in [4.78, 5) is 1.99. The van der Waals surface area contributed by atoms with Gasteiger partial charge in [0.25, 0.3) is 0 Å². The van der Waals surface area contributed by atoms with Crippen LogP contribution in [0, 0.1) is 6.92 Å². The molecule has 0 spiro atoms. The molecule has 5 nitrogen and oxygen atoms in total. The molecule has 0 saturated heterocycles. The Labute approximate surface area is 194 Å². The maximum Gasteiger partial charge on any atom is 0.350 e. The van der Waals surface area contributed by atoms with Crippen LogP contribution < -0.4 is 4.90 Å². The molecule has 0 fully saturated rings. The van der Waals surface area contributed by atoms with Gasteiger partial charge < -0.3 is 19.1 Å². The Morgan fingerprint density at radius 3 is 1.78 bits per heavy atom. The van der Waals surface area contributed by atoms with Crippen molar-refractivity contribution in [3.63, 3.8) is 0 Å². The van der Waals surface area contributed by atoms with Crippen molar-refractivity contribution >= 4 is 19.0 Å². The highest BCUT2D eigenvalue weighted by Gasteiger charge is 2.32. The molecule has 0 heterocycles. The van der Waals surface area contributed by atoms with Crippen LogP contribution in [-0.2, 0) is 24.4 Å². The second-order valence-corrected chi connectivity index (χ2v) is 12.3. The molecule has 2 aromatic rings.